The van der Waals surface area contributed by atoms with Gasteiger partial charge in [0.25, 0.3) is 0 Å². The fourth-order valence-corrected chi connectivity index (χ4v) is 6.60. The third-order valence-corrected chi connectivity index (χ3v) is 9.20. The highest BCUT2D eigenvalue weighted by Gasteiger charge is 2.30. The van der Waals surface area contributed by atoms with E-state index in [-0.39, 0.29) is 13.0 Å². The standard InChI is InChI=1S/C37H48N4O9/c1-40(25-29-9-14-32(38-44)15-10-29,26-31-13-18-34(46-2)35(24-31)47-3)22-23-48-37(43)50-28-49-36(42)8-7-21-41(19-5-4-6-20-41)27-30-11-16-33(39-45)17-12-30/h9-18,24H,4-8,19-23,25-28H2,1-3H3/q+2. The van der Waals surface area contributed by atoms with E-state index in [1.807, 2.05) is 49.5 Å². The highest BCUT2D eigenvalue weighted by molar-refractivity contribution is 5.69. The average molecular weight is 693 g/mol. The van der Waals surface area contributed by atoms with Crippen LogP contribution in [-0.4, -0.2) is 81.9 Å². The molecule has 1 fully saturated rings. The van der Waals surface area contributed by atoms with Gasteiger partial charge in [0.05, 0.1) is 47.3 Å². The Morgan fingerprint density at radius 2 is 1.34 bits per heavy atom. The van der Waals surface area contributed by atoms with Gasteiger partial charge in [0.2, 0.25) is 6.79 Å². The zero-order valence-electron chi connectivity index (χ0n) is 29.2. The Morgan fingerprint density at radius 3 is 1.96 bits per heavy atom. The number of esters is 1. The second-order valence-corrected chi connectivity index (χ2v) is 13.1. The molecule has 1 heterocycles. The number of piperidine rings is 1. The van der Waals surface area contributed by atoms with E-state index in [4.69, 9.17) is 23.7 Å². The second kappa shape index (κ2) is 18.8. The van der Waals surface area contributed by atoms with E-state index in [1.54, 1.807) is 38.5 Å². The number of likely N-dealkylation sites (tertiary alicyclic amines) is 1. The van der Waals surface area contributed by atoms with Gasteiger partial charge in [0.15, 0.2) is 11.5 Å². The summed E-state index contributed by atoms with van der Waals surface area (Å²) in [4.78, 5) is 46.5. The van der Waals surface area contributed by atoms with Gasteiger partial charge in [-0.3, -0.25) is 4.79 Å². The summed E-state index contributed by atoms with van der Waals surface area (Å²) in [5.74, 6) is 0.794. The second-order valence-electron chi connectivity index (χ2n) is 13.1. The minimum absolute atomic E-state index is 0.0545. The van der Waals surface area contributed by atoms with Crippen molar-refractivity contribution in [1.29, 1.82) is 0 Å². The molecule has 1 aliphatic heterocycles. The summed E-state index contributed by atoms with van der Waals surface area (Å²) in [7, 11) is 5.20. The molecule has 1 unspecified atom stereocenters. The maximum atomic E-state index is 12.5. The number of likely N-dealkylation sites (N-methyl/N-ethyl adjacent to an activating group) is 1. The van der Waals surface area contributed by atoms with Crippen molar-refractivity contribution in [2.45, 2.75) is 51.7 Å². The molecule has 0 aliphatic carbocycles. The van der Waals surface area contributed by atoms with E-state index in [1.165, 1.54) is 6.42 Å². The molecule has 3 aromatic rings. The molecule has 1 atom stereocenters. The summed E-state index contributed by atoms with van der Waals surface area (Å²) < 4.78 is 27.8. The summed E-state index contributed by atoms with van der Waals surface area (Å²) in [6, 6.07) is 20.1. The molecule has 268 valence electrons. The molecule has 0 saturated carbocycles. The van der Waals surface area contributed by atoms with Crippen LogP contribution in [0.5, 0.6) is 11.5 Å². The normalized spacial score (nSPS) is 14.9. The Kier molecular flexibility index (Phi) is 14.2. The van der Waals surface area contributed by atoms with Crippen molar-refractivity contribution in [2.75, 3.05) is 60.8 Å². The molecule has 0 bridgehead atoms. The zero-order chi connectivity index (χ0) is 35.8. The van der Waals surface area contributed by atoms with Crippen LogP contribution in [0.1, 0.15) is 48.8 Å². The number of carbonyl (C=O) groups is 2. The molecule has 0 aromatic heterocycles. The van der Waals surface area contributed by atoms with E-state index >= 15 is 0 Å². The van der Waals surface area contributed by atoms with Gasteiger partial charge in [0, 0.05) is 23.1 Å². The van der Waals surface area contributed by atoms with Gasteiger partial charge in [-0.25, -0.2) is 4.79 Å². The number of ether oxygens (including phenoxy) is 5. The quantitative estimate of drug-likeness (QED) is 0.0549. The number of quaternary nitrogens is 2. The van der Waals surface area contributed by atoms with Crippen molar-refractivity contribution < 1.29 is 42.2 Å². The number of nitroso groups, excluding NO2 is 2. The van der Waals surface area contributed by atoms with E-state index in [2.05, 4.69) is 10.4 Å². The number of methoxy groups -OCH3 is 2. The van der Waals surface area contributed by atoms with Crippen LogP contribution < -0.4 is 9.47 Å². The molecule has 0 N–H and O–H groups in total. The number of nitrogens with zero attached hydrogens (tertiary/aromatic N) is 4. The van der Waals surface area contributed by atoms with Crippen LogP contribution in [0.25, 0.3) is 0 Å². The number of benzene rings is 3. The van der Waals surface area contributed by atoms with Gasteiger partial charge >= 0.3 is 12.1 Å². The lowest BCUT2D eigenvalue weighted by Gasteiger charge is -2.42. The first kappa shape index (κ1) is 37.9. The first-order chi connectivity index (χ1) is 24.2. The van der Waals surface area contributed by atoms with Crippen molar-refractivity contribution in [3.05, 3.63) is 93.2 Å². The van der Waals surface area contributed by atoms with Crippen LogP contribution in [0.4, 0.5) is 16.2 Å². The highest BCUT2D eigenvalue weighted by atomic mass is 16.8. The topological polar surface area (TPSA) is 139 Å². The third-order valence-electron chi connectivity index (χ3n) is 9.20. The summed E-state index contributed by atoms with van der Waals surface area (Å²) in [5, 5.41) is 5.96. The smallest absolute Gasteiger partial charge is 0.493 e. The molecule has 13 nitrogen and oxygen atoms in total. The van der Waals surface area contributed by atoms with Gasteiger partial charge < -0.3 is 32.7 Å². The monoisotopic (exact) mass is 692 g/mol. The number of carbonyl (C=O) groups excluding carboxylic acids is 2. The Hall–Kier alpha value is -4.88. The predicted octanol–water partition coefficient (Wildman–Crippen LogP) is 7.28. The van der Waals surface area contributed by atoms with Gasteiger partial charge in [-0.1, -0.05) is 24.3 Å². The molecule has 0 spiro atoms. The van der Waals surface area contributed by atoms with Gasteiger partial charge in [0.1, 0.15) is 44.2 Å². The average Bonchev–Trinajstić information content (AvgIpc) is 3.12. The molecule has 0 amide bonds. The maximum Gasteiger partial charge on any atom is 0.511 e. The van der Waals surface area contributed by atoms with E-state index in [9.17, 15) is 19.4 Å². The Morgan fingerprint density at radius 1 is 0.740 bits per heavy atom. The van der Waals surface area contributed by atoms with Crippen molar-refractivity contribution in [3.8, 4) is 11.5 Å². The first-order valence-electron chi connectivity index (χ1n) is 16.9. The molecule has 1 aliphatic rings. The van der Waals surface area contributed by atoms with Gasteiger partial charge in [-0.2, -0.15) is 0 Å². The SMILES string of the molecule is COc1ccc(C[N+](C)(CCOC(=O)OCOC(=O)CCC[N+]2(Cc3ccc(N=O)cc3)CCCCC2)Cc2ccc(N=O)cc2)cc1OC. The molecule has 1 saturated heterocycles. The van der Waals surface area contributed by atoms with Crippen molar-refractivity contribution >= 4 is 23.5 Å². The lowest BCUT2D eigenvalue weighted by atomic mass is 10.0. The minimum Gasteiger partial charge on any atom is -0.493 e. The molecule has 50 heavy (non-hydrogen) atoms. The van der Waals surface area contributed by atoms with Crippen LogP contribution in [0, 0.1) is 9.81 Å². The molecule has 4 rings (SSSR count). The molecular formula is C37H48N4O9+2. The highest BCUT2D eigenvalue weighted by Crippen LogP contribution is 2.30. The van der Waals surface area contributed by atoms with Crippen LogP contribution in [-0.2, 0) is 38.6 Å². The lowest BCUT2D eigenvalue weighted by Crippen LogP contribution is -2.51. The van der Waals surface area contributed by atoms with Crippen molar-refractivity contribution in [2.24, 2.45) is 10.4 Å². The van der Waals surface area contributed by atoms with E-state index < -0.39 is 18.9 Å². The number of rotatable bonds is 19. The number of hydrogen-bond acceptors (Lipinski definition) is 11. The predicted molar refractivity (Wildman–Crippen MR) is 187 cm³/mol. The molecule has 3 aromatic carbocycles. The van der Waals surface area contributed by atoms with Crippen molar-refractivity contribution in [3.63, 3.8) is 0 Å². The van der Waals surface area contributed by atoms with Crippen molar-refractivity contribution in [1.82, 2.24) is 0 Å². The molecule has 0 radical (unpaired) electrons. The minimum atomic E-state index is -0.925. The van der Waals surface area contributed by atoms with Crippen LogP contribution in [0.2, 0.25) is 0 Å². The largest absolute Gasteiger partial charge is 0.511 e. The molecular weight excluding hydrogens is 644 g/mol. The van der Waals surface area contributed by atoms with Crippen LogP contribution in [0.3, 0.4) is 0 Å². The van der Waals surface area contributed by atoms with Gasteiger partial charge in [-0.15, -0.1) is 9.81 Å². The van der Waals surface area contributed by atoms with Crippen LogP contribution in [0.15, 0.2) is 77.1 Å². The van der Waals surface area contributed by atoms with Crippen LogP contribution >= 0.6 is 0 Å². The Bertz CT molecular complexity index is 1560. The summed E-state index contributed by atoms with van der Waals surface area (Å²) >= 11 is 0. The van der Waals surface area contributed by atoms with E-state index in [0.29, 0.717) is 53.4 Å². The summed E-state index contributed by atoms with van der Waals surface area (Å²) in [6.45, 7) is 4.85. The summed E-state index contributed by atoms with van der Waals surface area (Å²) in [6.07, 6.45) is 3.40. The fourth-order valence-electron chi connectivity index (χ4n) is 6.60. The lowest BCUT2D eigenvalue weighted by molar-refractivity contribution is -0.945. The van der Waals surface area contributed by atoms with Gasteiger partial charge in [-0.05, 0) is 72.1 Å². The Balaban J connectivity index is 1.23. The summed E-state index contributed by atoms with van der Waals surface area (Å²) in [5.41, 5.74) is 3.87. The number of hydrogen-bond donors (Lipinski definition) is 0. The van der Waals surface area contributed by atoms with E-state index in [0.717, 1.165) is 60.2 Å². The third kappa shape index (κ3) is 11.6. The fraction of sp³-hybridized carbons (Fsp3) is 0.459. The zero-order valence-corrected chi connectivity index (χ0v) is 29.2. The Labute approximate surface area is 293 Å². The first-order valence-corrected chi connectivity index (χ1v) is 16.9. The molecule has 13 heteroatoms. The maximum absolute atomic E-state index is 12.5.